The number of para-hydroxylation sites is 1. The maximum Gasteiger partial charge on any atom is 0.288 e. The van der Waals surface area contributed by atoms with E-state index < -0.39 is 12.2 Å². The van der Waals surface area contributed by atoms with Gasteiger partial charge in [0.15, 0.2) is 5.76 Å². The zero-order valence-corrected chi connectivity index (χ0v) is 25.7. The summed E-state index contributed by atoms with van der Waals surface area (Å²) in [5.74, 6) is -0.693. The van der Waals surface area contributed by atoms with Crippen LogP contribution < -0.4 is 5.56 Å². The van der Waals surface area contributed by atoms with E-state index in [4.69, 9.17) is 38.3 Å². The molecule has 0 aliphatic carbocycles. The maximum absolute atomic E-state index is 13.9. The number of amides is 1. The van der Waals surface area contributed by atoms with Gasteiger partial charge in [-0.25, -0.2) is 4.68 Å². The van der Waals surface area contributed by atoms with E-state index in [1.54, 1.807) is 15.7 Å². The molecule has 2 atom stereocenters. The number of carbonyl (C=O) groups is 1. The van der Waals surface area contributed by atoms with E-state index in [9.17, 15) is 9.59 Å². The second kappa shape index (κ2) is 18.1. The lowest BCUT2D eigenvalue weighted by Gasteiger charge is -2.31. The SMILES string of the molecule is Cc1c(C2C=C(C(=O)N3CCOCCOCCOCCOCC3)OC(OCCOCCO)C2)c(=O)n(-c2ccccc2)n1C. The van der Waals surface area contributed by atoms with Gasteiger partial charge in [-0.1, -0.05) is 18.2 Å². The Hall–Kier alpha value is -3.04. The molecule has 4 rings (SSSR count). The number of aliphatic hydroxyl groups is 1. The highest BCUT2D eigenvalue weighted by atomic mass is 16.7. The van der Waals surface area contributed by atoms with Gasteiger partial charge in [0, 0.05) is 43.7 Å². The molecule has 1 N–H and O–H groups in total. The predicted octanol–water partition coefficient (Wildman–Crippen LogP) is 1.13. The fourth-order valence-corrected chi connectivity index (χ4v) is 5.12. The highest BCUT2D eigenvalue weighted by molar-refractivity contribution is 5.91. The molecule has 2 aliphatic rings. The lowest BCUT2D eigenvalue weighted by Crippen LogP contribution is -2.40. The molecule has 244 valence electrons. The van der Waals surface area contributed by atoms with Crippen LogP contribution in [0.3, 0.4) is 0 Å². The lowest BCUT2D eigenvalue weighted by molar-refractivity contribution is -0.157. The molecule has 3 heterocycles. The summed E-state index contributed by atoms with van der Waals surface area (Å²) in [5, 5.41) is 8.99. The van der Waals surface area contributed by atoms with Crippen molar-refractivity contribution in [3.63, 3.8) is 0 Å². The van der Waals surface area contributed by atoms with Crippen LogP contribution in [0.5, 0.6) is 0 Å². The van der Waals surface area contributed by atoms with Crippen LogP contribution in [-0.4, -0.2) is 124 Å². The molecule has 1 fully saturated rings. The van der Waals surface area contributed by atoms with Gasteiger partial charge in [-0.05, 0) is 25.1 Å². The molecule has 1 amide bonds. The van der Waals surface area contributed by atoms with Gasteiger partial charge < -0.3 is 43.2 Å². The maximum atomic E-state index is 13.9. The normalized spacial score (nSPS) is 21.2. The summed E-state index contributed by atoms with van der Waals surface area (Å²) < 4.78 is 43.2. The summed E-state index contributed by atoms with van der Waals surface area (Å²) in [4.78, 5) is 29.4. The number of rotatable bonds is 9. The average molecular weight is 620 g/mol. The number of benzene rings is 1. The van der Waals surface area contributed by atoms with E-state index in [1.807, 2.05) is 49.0 Å². The minimum atomic E-state index is -0.795. The van der Waals surface area contributed by atoms with E-state index in [0.717, 1.165) is 11.4 Å². The zero-order chi connectivity index (χ0) is 31.1. The third kappa shape index (κ3) is 9.48. The monoisotopic (exact) mass is 619 g/mol. The van der Waals surface area contributed by atoms with Crippen molar-refractivity contribution in [2.75, 3.05) is 92.4 Å². The molecule has 0 spiro atoms. The number of hydrogen-bond donors (Lipinski definition) is 1. The van der Waals surface area contributed by atoms with Gasteiger partial charge in [0.2, 0.25) is 6.29 Å². The highest BCUT2D eigenvalue weighted by Gasteiger charge is 2.34. The molecule has 13 nitrogen and oxygen atoms in total. The second-order valence-corrected chi connectivity index (χ2v) is 10.3. The first-order valence-corrected chi connectivity index (χ1v) is 15.1. The largest absolute Gasteiger partial charge is 0.459 e. The number of aromatic nitrogens is 2. The Labute approximate surface area is 257 Å². The molecule has 44 heavy (non-hydrogen) atoms. The van der Waals surface area contributed by atoms with Crippen LogP contribution in [-0.2, 0) is 45.0 Å². The van der Waals surface area contributed by atoms with Crippen LogP contribution in [0.4, 0.5) is 0 Å². The van der Waals surface area contributed by atoms with Crippen molar-refractivity contribution in [2.24, 2.45) is 7.05 Å². The van der Waals surface area contributed by atoms with Crippen LogP contribution in [0.1, 0.15) is 23.6 Å². The van der Waals surface area contributed by atoms with Crippen LogP contribution in [0, 0.1) is 6.92 Å². The van der Waals surface area contributed by atoms with Gasteiger partial charge in [0.25, 0.3) is 11.5 Å². The van der Waals surface area contributed by atoms with Gasteiger partial charge in [0.1, 0.15) is 0 Å². The first kappa shape index (κ1) is 33.8. The van der Waals surface area contributed by atoms with E-state index >= 15 is 0 Å². The summed E-state index contributed by atoms with van der Waals surface area (Å²) in [5.41, 5.74) is 1.92. The van der Waals surface area contributed by atoms with E-state index in [2.05, 4.69) is 0 Å². The van der Waals surface area contributed by atoms with Gasteiger partial charge in [0.05, 0.1) is 85.0 Å². The molecule has 2 aliphatic heterocycles. The molecule has 13 heteroatoms. The molecule has 1 saturated heterocycles. The van der Waals surface area contributed by atoms with E-state index in [0.29, 0.717) is 77.9 Å². The fraction of sp³-hybridized carbons (Fsp3) is 0.613. The summed E-state index contributed by atoms with van der Waals surface area (Å²) >= 11 is 0. The molecular formula is C31H45N3O10. The molecule has 2 aromatic rings. The van der Waals surface area contributed by atoms with Crippen molar-refractivity contribution < 1.29 is 43.1 Å². The summed E-state index contributed by atoms with van der Waals surface area (Å²) in [6.07, 6.45) is 1.26. The van der Waals surface area contributed by atoms with Crippen molar-refractivity contribution in [3.05, 3.63) is 63.8 Å². The topological polar surface area (TPSA) is 132 Å². The Morgan fingerprint density at radius 3 is 2.14 bits per heavy atom. The van der Waals surface area contributed by atoms with Crippen molar-refractivity contribution in [1.29, 1.82) is 0 Å². The third-order valence-corrected chi connectivity index (χ3v) is 7.42. The van der Waals surface area contributed by atoms with E-state index in [1.165, 1.54) is 0 Å². The number of hydrogen-bond acceptors (Lipinski definition) is 10. The number of ether oxygens (including phenoxy) is 7. The number of carbonyl (C=O) groups excluding carboxylic acids is 1. The predicted molar refractivity (Wildman–Crippen MR) is 160 cm³/mol. The molecule has 0 saturated carbocycles. The minimum Gasteiger partial charge on any atom is -0.459 e. The summed E-state index contributed by atoms with van der Waals surface area (Å²) in [6.45, 7) is 6.31. The Bertz CT molecular complexity index is 1230. The minimum absolute atomic E-state index is 0.0896. The quantitative estimate of drug-likeness (QED) is 0.408. The smallest absolute Gasteiger partial charge is 0.288 e. The van der Waals surface area contributed by atoms with Crippen molar-refractivity contribution >= 4 is 5.91 Å². The Morgan fingerprint density at radius 1 is 0.909 bits per heavy atom. The molecule has 1 aromatic carbocycles. The van der Waals surface area contributed by atoms with Crippen molar-refractivity contribution in [3.8, 4) is 5.69 Å². The fourth-order valence-electron chi connectivity index (χ4n) is 5.12. The van der Waals surface area contributed by atoms with Gasteiger partial charge in [-0.3, -0.25) is 14.3 Å². The Kier molecular flexibility index (Phi) is 13.9. The van der Waals surface area contributed by atoms with Gasteiger partial charge >= 0.3 is 0 Å². The molecule has 0 radical (unpaired) electrons. The number of aliphatic hydroxyl groups excluding tert-OH is 1. The molecule has 2 unspecified atom stereocenters. The number of allylic oxidation sites excluding steroid dienone is 1. The molecule has 1 aromatic heterocycles. The Morgan fingerprint density at radius 2 is 1.52 bits per heavy atom. The molecular weight excluding hydrogens is 574 g/mol. The molecule has 0 bridgehead atoms. The van der Waals surface area contributed by atoms with Crippen molar-refractivity contribution in [2.45, 2.75) is 25.6 Å². The summed E-state index contributed by atoms with van der Waals surface area (Å²) in [6, 6.07) is 9.42. The van der Waals surface area contributed by atoms with Gasteiger partial charge in [-0.15, -0.1) is 0 Å². The first-order valence-electron chi connectivity index (χ1n) is 15.1. The second-order valence-electron chi connectivity index (χ2n) is 10.3. The summed E-state index contributed by atoms with van der Waals surface area (Å²) in [7, 11) is 1.84. The van der Waals surface area contributed by atoms with Crippen LogP contribution in [0.2, 0.25) is 0 Å². The standard InChI is InChI=1S/C31H45N3O10/c1-24-29(31(37)34(32(24)2)26-6-4-3-5-7-26)25-22-27(44-28(23-25)43-21-20-40-13-10-35)30(36)33-8-11-38-14-16-41-18-19-42-17-15-39-12-9-33/h3-7,22,25,28,35H,8-21,23H2,1-2H3. The van der Waals surface area contributed by atoms with Gasteiger partial charge in [-0.2, -0.15) is 0 Å². The highest BCUT2D eigenvalue weighted by Crippen LogP contribution is 2.32. The first-order chi connectivity index (χ1) is 21.5. The zero-order valence-electron chi connectivity index (χ0n) is 25.7. The average Bonchev–Trinajstić information content (AvgIpc) is 3.25. The van der Waals surface area contributed by atoms with Crippen LogP contribution in [0.25, 0.3) is 5.69 Å². The van der Waals surface area contributed by atoms with Crippen molar-refractivity contribution in [1.82, 2.24) is 14.3 Å². The Balaban J connectivity index is 1.58. The van der Waals surface area contributed by atoms with Crippen LogP contribution in [0.15, 0.2) is 47.0 Å². The lowest BCUT2D eigenvalue weighted by atomic mass is 9.93. The van der Waals surface area contributed by atoms with Crippen LogP contribution >= 0.6 is 0 Å². The number of nitrogens with zero attached hydrogens (tertiary/aromatic N) is 3. The van der Waals surface area contributed by atoms with E-state index in [-0.39, 0.29) is 43.7 Å². The third-order valence-electron chi connectivity index (χ3n) is 7.42.